The van der Waals surface area contributed by atoms with Crippen LogP contribution >= 0.6 is 11.6 Å². The number of carbonyl (C=O) groups is 1. The third-order valence-corrected chi connectivity index (χ3v) is 2.46. The summed E-state index contributed by atoms with van der Waals surface area (Å²) in [6.45, 7) is 1.92. The molecule has 16 heavy (non-hydrogen) atoms. The monoisotopic (exact) mass is 244 g/mol. The Hall–Kier alpha value is -1.13. The van der Waals surface area contributed by atoms with Crippen molar-refractivity contribution >= 4 is 23.2 Å². The highest BCUT2D eigenvalue weighted by Gasteiger charge is 2.15. The first-order chi connectivity index (χ1) is 7.56. The number of rotatable bonds is 4. The molecule has 88 valence electrons. The molecule has 0 spiro atoms. The Balaban J connectivity index is 2.77. The number of anilines is 1. The number of hydrogen-bond donors (Lipinski definition) is 2. The van der Waals surface area contributed by atoms with Crippen molar-refractivity contribution in [1.29, 1.82) is 0 Å². The fourth-order valence-corrected chi connectivity index (χ4v) is 1.49. The summed E-state index contributed by atoms with van der Waals surface area (Å²) in [4.78, 5) is 11.5. The summed E-state index contributed by atoms with van der Waals surface area (Å²) in [6, 6.07) is 3.57. The quantitative estimate of drug-likeness (QED) is 0.855. The van der Waals surface area contributed by atoms with Crippen LogP contribution in [0.5, 0.6) is 0 Å². The van der Waals surface area contributed by atoms with E-state index in [9.17, 15) is 9.18 Å². The first-order valence-corrected chi connectivity index (χ1v) is 5.44. The first kappa shape index (κ1) is 12.9. The standard InChI is InChI=1S/C11H14ClFN2O/c1-2-4-9(14)11(16)15-10-7(12)5-3-6-8(10)13/h3,5-6,9H,2,4,14H2,1H3,(H,15,16). The van der Waals surface area contributed by atoms with Gasteiger partial charge in [0.15, 0.2) is 0 Å². The number of hydrogen-bond acceptors (Lipinski definition) is 2. The summed E-state index contributed by atoms with van der Waals surface area (Å²) >= 11 is 5.76. The zero-order valence-corrected chi connectivity index (χ0v) is 9.72. The van der Waals surface area contributed by atoms with Crippen LogP contribution in [0.3, 0.4) is 0 Å². The average Bonchev–Trinajstić information content (AvgIpc) is 2.23. The van der Waals surface area contributed by atoms with Gasteiger partial charge in [0.25, 0.3) is 0 Å². The lowest BCUT2D eigenvalue weighted by molar-refractivity contribution is -0.117. The molecule has 0 radical (unpaired) electrons. The fraction of sp³-hybridized carbons (Fsp3) is 0.364. The van der Waals surface area contributed by atoms with E-state index in [1.807, 2.05) is 6.92 Å². The van der Waals surface area contributed by atoms with E-state index < -0.39 is 17.8 Å². The zero-order chi connectivity index (χ0) is 12.1. The molecule has 0 aromatic heterocycles. The summed E-state index contributed by atoms with van der Waals surface area (Å²) in [5.41, 5.74) is 5.58. The summed E-state index contributed by atoms with van der Waals surface area (Å²) in [5, 5.41) is 2.56. The largest absolute Gasteiger partial charge is 0.321 e. The molecule has 1 atom stereocenters. The highest BCUT2D eigenvalue weighted by molar-refractivity contribution is 6.33. The predicted octanol–water partition coefficient (Wildman–Crippen LogP) is 2.55. The predicted molar refractivity (Wildman–Crippen MR) is 62.9 cm³/mol. The molecule has 0 aliphatic carbocycles. The number of nitrogens with one attached hydrogen (secondary N) is 1. The number of nitrogens with two attached hydrogens (primary N) is 1. The Morgan fingerprint density at radius 1 is 1.62 bits per heavy atom. The van der Waals surface area contributed by atoms with Gasteiger partial charge in [-0.05, 0) is 18.6 Å². The van der Waals surface area contributed by atoms with Gasteiger partial charge in [0.2, 0.25) is 5.91 Å². The lowest BCUT2D eigenvalue weighted by Gasteiger charge is -2.12. The van der Waals surface area contributed by atoms with Gasteiger partial charge in [0.1, 0.15) is 5.82 Å². The molecule has 0 aliphatic rings. The van der Waals surface area contributed by atoms with E-state index in [0.29, 0.717) is 6.42 Å². The third-order valence-electron chi connectivity index (χ3n) is 2.15. The van der Waals surface area contributed by atoms with E-state index >= 15 is 0 Å². The number of halogens is 2. The molecule has 1 aromatic rings. The van der Waals surface area contributed by atoms with Crippen LogP contribution in [0.4, 0.5) is 10.1 Å². The van der Waals surface area contributed by atoms with Crippen LogP contribution < -0.4 is 11.1 Å². The van der Waals surface area contributed by atoms with E-state index in [1.165, 1.54) is 18.2 Å². The van der Waals surface area contributed by atoms with Gasteiger partial charge in [-0.3, -0.25) is 4.79 Å². The second kappa shape index (κ2) is 5.82. The van der Waals surface area contributed by atoms with E-state index in [2.05, 4.69) is 5.32 Å². The van der Waals surface area contributed by atoms with E-state index in [0.717, 1.165) is 6.42 Å². The van der Waals surface area contributed by atoms with Crippen molar-refractivity contribution in [3.8, 4) is 0 Å². The van der Waals surface area contributed by atoms with Crippen molar-refractivity contribution in [2.45, 2.75) is 25.8 Å². The smallest absolute Gasteiger partial charge is 0.241 e. The fourth-order valence-electron chi connectivity index (χ4n) is 1.28. The Morgan fingerprint density at radius 3 is 2.88 bits per heavy atom. The number of amides is 1. The second-order valence-electron chi connectivity index (χ2n) is 3.48. The van der Waals surface area contributed by atoms with Crippen molar-refractivity contribution < 1.29 is 9.18 Å². The Kier molecular flexibility index (Phi) is 4.71. The van der Waals surface area contributed by atoms with Crippen LogP contribution in [0, 0.1) is 5.82 Å². The topological polar surface area (TPSA) is 55.1 Å². The Morgan fingerprint density at radius 2 is 2.31 bits per heavy atom. The summed E-state index contributed by atoms with van der Waals surface area (Å²) in [6.07, 6.45) is 1.34. The second-order valence-corrected chi connectivity index (χ2v) is 3.89. The summed E-state index contributed by atoms with van der Waals surface area (Å²) in [5.74, 6) is -0.988. The van der Waals surface area contributed by atoms with Gasteiger partial charge in [0, 0.05) is 0 Å². The first-order valence-electron chi connectivity index (χ1n) is 5.06. The normalized spacial score (nSPS) is 12.2. The molecule has 5 heteroatoms. The van der Waals surface area contributed by atoms with Gasteiger partial charge < -0.3 is 11.1 Å². The molecule has 3 nitrogen and oxygen atoms in total. The van der Waals surface area contributed by atoms with Gasteiger partial charge >= 0.3 is 0 Å². The van der Waals surface area contributed by atoms with Crippen LogP contribution in [-0.4, -0.2) is 11.9 Å². The van der Waals surface area contributed by atoms with Crippen LogP contribution in [0.1, 0.15) is 19.8 Å². The van der Waals surface area contributed by atoms with Gasteiger partial charge in [-0.25, -0.2) is 4.39 Å². The molecule has 0 fully saturated rings. The molecule has 1 amide bonds. The minimum atomic E-state index is -0.638. The molecule has 0 bridgehead atoms. The van der Waals surface area contributed by atoms with Crippen LogP contribution in [0.15, 0.2) is 18.2 Å². The van der Waals surface area contributed by atoms with Crippen LogP contribution in [-0.2, 0) is 4.79 Å². The van der Waals surface area contributed by atoms with Crippen LogP contribution in [0.2, 0.25) is 5.02 Å². The highest BCUT2D eigenvalue weighted by atomic mass is 35.5. The highest BCUT2D eigenvalue weighted by Crippen LogP contribution is 2.24. The zero-order valence-electron chi connectivity index (χ0n) is 8.97. The number of carbonyl (C=O) groups excluding carboxylic acids is 1. The molecular formula is C11H14ClFN2O. The maximum absolute atomic E-state index is 13.3. The summed E-state index contributed by atoms with van der Waals surface area (Å²) < 4.78 is 13.3. The number of benzene rings is 1. The molecule has 0 saturated heterocycles. The SMILES string of the molecule is CCCC(N)C(=O)Nc1c(F)cccc1Cl. The third kappa shape index (κ3) is 3.18. The molecule has 3 N–H and O–H groups in total. The molecule has 0 aliphatic heterocycles. The van der Waals surface area contributed by atoms with Crippen molar-refractivity contribution in [3.63, 3.8) is 0 Å². The van der Waals surface area contributed by atoms with Gasteiger partial charge in [0.05, 0.1) is 16.8 Å². The Bertz CT molecular complexity index is 364. The minimum absolute atomic E-state index is 0.0132. The van der Waals surface area contributed by atoms with Gasteiger partial charge in [-0.15, -0.1) is 0 Å². The molecule has 1 unspecified atom stereocenters. The maximum atomic E-state index is 13.3. The van der Waals surface area contributed by atoms with Crippen LogP contribution in [0.25, 0.3) is 0 Å². The molecular weight excluding hydrogens is 231 g/mol. The molecule has 1 rings (SSSR count). The molecule has 0 saturated carbocycles. The summed E-state index contributed by atoms with van der Waals surface area (Å²) in [7, 11) is 0. The van der Waals surface area contributed by atoms with E-state index in [4.69, 9.17) is 17.3 Å². The van der Waals surface area contributed by atoms with Crippen molar-refractivity contribution in [1.82, 2.24) is 0 Å². The minimum Gasteiger partial charge on any atom is -0.321 e. The lowest BCUT2D eigenvalue weighted by Crippen LogP contribution is -2.35. The van der Waals surface area contributed by atoms with Gasteiger partial charge in [-0.2, -0.15) is 0 Å². The van der Waals surface area contributed by atoms with E-state index in [-0.39, 0.29) is 10.7 Å². The maximum Gasteiger partial charge on any atom is 0.241 e. The lowest BCUT2D eigenvalue weighted by atomic mass is 10.1. The van der Waals surface area contributed by atoms with Crippen molar-refractivity contribution in [3.05, 3.63) is 29.0 Å². The van der Waals surface area contributed by atoms with Crippen molar-refractivity contribution in [2.75, 3.05) is 5.32 Å². The average molecular weight is 245 g/mol. The Labute approximate surface area is 98.8 Å². The molecule has 1 aromatic carbocycles. The number of para-hydroxylation sites is 1. The molecule has 0 heterocycles. The van der Waals surface area contributed by atoms with Gasteiger partial charge in [-0.1, -0.05) is 31.0 Å². The van der Waals surface area contributed by atoms with Crippen molar-refractivity contribution in [2.24, 2.45) is 5.73 Å². The van der Waals surface area contributed by atoms with E-state index in [1.54, 1.807) is 0 Å².